The van der Waals surface area contributed by atoms with Crippen LogP contribution >= 0.6 is 24.0 Å². The number of pyridine rings is 1. The number of piperazine rings is 1. The summed E-state index contributed by atoms with van der Waals surface area (Å²) in [6.07, 6.45) is 4.30. The van der Waals surface area contributed by atoms with Gasteiger partial charge >= 0.3 is 0 Å². The van der Waals surface area contributed by atoms with Crippen molar-refractivity contribution in [2.45, 2.75) is 33.2 Å². The number of fused-ring (bicyclic) bond motifs is 1. The summed E-state index contributed by atoms with van der Waals surface area (Å²) in [7, 11) is 0. The van der Waals surface area contributed by atoms with Crippen molar-refractivity contribution in [3.8, 4) is 0 Å². The summed E-state index contributed by atoms with van der Waals surface area (Å²) >= 11 is 6.77. The molecule has 9 heteroatoms. The second-order valence-electron chi connectivity index (χ2n) is 9.21. The molecule has 4 heterocycles. The lowest BCUT2D eigenvalue weighted by atomic mass is 10.2. The van der Waals surface area contributed by atoms with Crippen LogP contribution in [0.25, 0.3) is 11.7 Å². The highest BCUT2D eigenvalue weighted by molar-refractivity contribution is 8.26. The van der Waals surface area contributed by atoms with Gasteiger partial charge in [-0.25, -0.2) is 4.98 Å². The normalized spacial score (nSPS) is 18.5. The quantitative estimate of drug-likeness (QED) is 0.367. The third-order valence-electron chi connectivity index (χ3n) is 6.82. The zero-order chi connectivity index (χ0) is 25.4. The van der Waals surface area contributed by atoms with Gasteiger partial charge in [0.05, 0.1) is 10.5 Å². The Labute approximate surface area is 220 Å². The third kappa shape index (κ3) is 4.53. The molecule has 186 valence electrons. The van der Waals surface area contributed by atoms with Crippen LogP contribution in [0.2, 0.25) is 0 Å². The molecule has 2 fully saturated rings. The standard InChI is InChI=1S/C27H29N5O2S2/c1-4-19(3)32-26(34)22(36-27(32)35)16-21-24(28-23-11-10-18(2)17-31(23)25(21)33)30-14-12-29(13-15-30)20-8-6-5-7-9-20/h5-11,16-17,19H,4,12-15H2,1-3H3/b22-16-. The molecule has 3 aromatic rings. The van der Waals surface area contributed by atoms with Crippen LogP contribution in [0.5, 0.6) is 0 Å². The second-order valence-corrected chi connectivity index (χ2v) is 10.9. The number of aryl methyl sites for hydroxylation is 1. The lowest BCUT2D eigenvalue weighted by Crippen LogP contribution is -2.47. The van der Waals surface area contributed by atoms with Gasteiger partial charge in [-0.15, -0.1) is 0 Å². The van der Waals surface area contributed by atoms with Crippen LogP contribution in [-0.4, -0.2) is 56.7 Å². The molecule has 0 aliphatic carbocycles. The molecule has 36 heavy (non-hydrogen) atoms. The first-order valence-corrected chi connectivity index (χ1v) is 13.4. The second kappa shape index (κ2) is 10.1. The van der Waals surface area contributed by atoms with Crippen LogP contribution in [0, 0.1) is 6.92 Å². The van der Waals surface area contributed by atoms with E-state index in [0.29, 0.717) is 26.3 Å². The van der Waals surface area contributed by atoms with E-state index in [1.54, 1.807) is 21.6 Å². The molecular weight excluding hydrogens is 490 g/mol. The molecule has 7 nitrogen and oxygen atoms in total. The van der Waals surface area contributed by atoms with Gasteiger partial charge < -0.3 is 9.80 Å². The minimum absolute atomic E-state index is 0.00686. The maximum atomic E-state index is 13.8. The highest BCUT2D eigenvalue weighted by Crippen LogP contribution is 2.35. The van der Waals surface area contributed by atoms with Gasteiger partial charge in [-0.3, -0.25) is 18.9 Å². The average Bonchev–Trinajstić information content (AvgIpc) is 3.18. The fourth-order valence-corrected chi connectivity index (χ4v) is 6.05. The molecule has 0 saturated carbocycles. The molecule has 2 aliphatic heterocycles. The fraction of sp³-hybridized carbons (Fsp3) is 0.333. The monoisotopic (exact) mass is 519 g/mol. The molecule has 1 amide bonds. The molecule has 2 aliphatic rings. The van der Waals surface area contributed by atoms with Crippen molar-refractivity contribution < 1.29 is 4.79 Å². The van der Waals surface area contributed by atoms with Crippen LogP contribution in [0.1, 0.15) is 31.4 Å². The summed E-state index contributed by atoms with van der Waals surface area (Å²) in [5.41, 5.74) is 2.99. The number of benzene rings is 1. The van der Waals surface area contributed by atoms with E-state index in [1.807, 2.05) is 51.1 Å². The summed E-state index contributed by atoms with van der Waals surface area (Å²) in [6.45, 7) is 9.03. The molecule has 5 rings (SSSR count). The molecule has 0 spiro atoms. The fourth-order valence-electron chi connectivity index (χ4n) is 4.60. The van der Waals surface area contributed by atoms with Crippen molar-refractivity contribution >= 4 is 57.4 Å². The smallest absolute Gasteiger partial charge is 0.267 e. The van der Waals surface area contributed by atoms with E-state index < -0.39 is 0 Å². The van der Waals surface area contributed by atoms with E-state index in [2.05, 4.69) is 21.9 Å². The minimum atomic E-state index is -0.182. The number of carbonyl (C=O) groups excluding carboxylic acids is 1. The number of nitrogens with zero attached hydrogens (tertiary/aromatic N) is 5. The van der Waals surface area contributed by atoms with Crippen LogP contribution in [0.15, 0.2) is 58.4 Å². The van der Waals surface area contributed by atoms with Gasteiger partial charge in [0.2, 0.25) is 0 Å². The van der Waals surface area contributed by atoms with E-state index in [4.69, 9.17) is 17.2 Å². The molecule has 0 bridgehead atoms. The third-order valence-corrected chi connectivity index (χ3v) is 8.15. The molecule has 0 radical (unpaired) electrons. The molecule has 2 aromatic heterocycles. The Kier molecular flexibility index (Phi) is 6.85. The van der Waals surface area contributed by atoms with Crippen molar-refractivity contribution in [2.75, 3.05) is 36.0 Å². The number of anilines is 2. The molecule has 1 unspecified atom stereocenters. The number of thioether (sulfide) groups is 1. The van der Waals surface area contributed by atoms with Gasteiger partial charge in [-0.2, -0.15) is 0 Å². The molecule has 1 aromatic carbocycles. The topological polar surface area (TPSA) is 61.2 Å². The predicted octanol–water partition coefficient (Wildman–Crippen LogP) is 4.33. The Morgan fingerprint density at radius 1 is 1.06 bits per heavy atom. The highest BCUT2D eigenvalue weighted by atomic mass is 32.2. The van der Waals surface area contributed by atoms with Crippen LogP contribution in [0.3, 0.4) is 0 Å². The van der Waals surface area contributed by atoms with Gasteiger partial charge in [0, 0.05) is 44.1 Å². The number of thiocarbonyl (C=S) groups is 1. The largest absolute Gasteiger partial charge is 0.368 e. The Morgan fingerprint density at radius 3 is 2.44 bits per heavy atom. The Balaban J connectivity index is 1.55. The van der Waals surface area contributed by atoms with Gasteiger partial charge in [-0.1, -0.05) is 55.2 Å². The number of para-hydroxylation sites is 1. The zero-order valence-corrected chi connectivity index (χ0v) is 22.3. The van der Waals surface area contributed by atoms with Gasteiger partial charge in [0.25, 0.3) is 11.5 Å². The zero-order valence-electron chi connectivity index (χ0n) is 20.7. The first kappa shape index (κ1) is 24.5. The van der Waals surface area contributed by atoms with E-state index in [1.165, 1.54) is 17.4 Å². The summed E-state index contributed by atoms with van der Waals surface area (Å²) in [5, 5.41) is 0. The maximum Gasteiger partial charge on any atom is 0.267 e. The molecule has 2 saturated heterocycles. The molecular formula is C27H29N5O2S2. The summed E-state index contributed by atoms with van der Waals surface area (Å²) < 4.78 is 2.10. The minimum Gasteiger partial charge on any atom is -0.368 e. The van der Waals surface area contributed by atoms with E-state index in [9.17, 15) is 9.59 Å². The van der Waals surface area contributed by atoms with Crippen molar-refractivity contribution in [1.29, 1.82) is 0 Å². The van der Waals surface area contributed by atoms with Crippen LogP contribution in [-0.2, 0) is 4.79 Å². The Bertz CT molecular complexity index is 1410. The predicted molar refractivity (Wildman–Crippen MR) is 152 cm³/mol. The number of aromatic nitrogens is 2. The van der Waals surface area contributed by atoms with E-state index >= 15 is 0 Å². The first-order chi connectivity index (χ1) is 17.4. The van der Waals surface area contributed by atoms with Crippen molar-refractivity contribution in [2.24, 2.45) is 0 Å². The SMILES string of the molecule is CCC(C)N1C(=O)/C(=C/c2c(N3CCN(c4ccccc4)CC3)nc3ccc(C)cn3c2=O)SC1=S. The number of carbonyl (C=O) groups is 1. The maximum absolute atomic E-state index is 13.8. The molecule has 1 atom stereocenters. The number of hydrogen-bond acceptors (Lipinski definition) is 7. The number of hydrogen-bond donors (Lipinski definition) is 0. The summed E-state index contributed by atoms with van der Waals surface area (Å²) in [5.74, 6) is 0.471. The Morgan fingerprint density at radius 2 is 1.75 bits per heavy atom. The van der Waals surface area contributed by atoms with Gasteiger partial charge in [-0.05, 0) is 50.1 Å². The van der Waals surface area contributed by atoms with Crippen molar-refractivity contribution in [3.63, 3.8) is 0 Å². The summed E-state index contributed by atoms with van der Waals surface area (Å²) in [6, 6.07) is 14.2. The highest BCUT2D eigenvalue weighted by Gasteiger charge is 2.35. The van der Waals surface area contributed by atoms with Crippen LogP contribution in [0.4, 0.5) is 11.5 Å². The average molecular weight is 520 g/mol. The lowest BCUT2D eigenvalue weighted by Gasteiger charge is -2.37. The first-order valence-electron chi connectivity index (χ1n) is 12.2. The van der Waals surface area contributed by atoms with E-state index in [0.717, 1.165) is 38.2 Å². The molecule has 0 N–H and O–H groups in total. The number of rotatable bonds is 5. The van der Waals surface area contributed by atoms with Crippen molar-refractivity contribution in [1.82, 2.24) is 14.3 Å². The van der Waals surface area contributed by atoms with Gasteiger partial charge in [0.1, 0.15) is 15.8 Å². The lowest BCUT2D eigenvalue weighted by molar-refractivity contribution is -0.123. The summed E-state index contributed by atoms with van der Waals surface area (Å²) in [4.78, 5) is 38.5. The van der Waals surface area contributed by atoms with Crippen molar-refractivity contribution in [3.05, 3.63) is 75.0 Å². The van der Waals surface area contributed by atoms with Crippen LogP contribution < -0.4 is 15.4 Å². The van der Waals surface area contributed by atoms with E-state index in [-0.39, 0.29) is 17.5 Å². The van der Waals surface area contributed by atoms with Gasteiger partial charge in [0.15, 0.2) is 0 Å². The Hall–Kier alpha value is -3.17. The number of amides is 1.